The van der Waals surface area contributed by atoms with Crippen LogP contribution in [0.3, 0.4) is 0 Å². The summed E-state index contributed by atoms with van der Waals surface area (Å²) >= 11 is 0.324. The van der Waals surface area contributed by atoms with Crippen molar-refractivity contribution in [2.45, 2.75) is 17.1 Å². The zero-order valence-electron chi connectivity index (χ0n) is 14.2. The fourth-order valence-corrected chi connectivity index (χ4v) is 3.61. The summed E-state index contributed by atoms with van der Waals surface area (Å²) in [5, 5.41) is 2.72. The largest absolute Gasteiger partial charge is 0.352 e. The molecule has 0 aliphatic carbocycles. The molecule has 1 saturated heterocycles. The summed E-state index contributed by atoms with van der Waals surface area (Å²) in [4.78, 5) is 26.3. The highest BCUT2D eigenvalue weighted by Crippen LogP contribution is 2.29. The summed E-state index contributed by atoms with van der Waals surface area (Å²) in [5.41, 5.74) is 0.788. The second-order valence-corrected chi connectivity index (χ2v) is 7.17. The Labute approximate surface area is 158 Å². The zero-order valence-corrected chi connectivity index (χ0v) is 15.0. The maximum Gasteiger partial charge on any atom is 0.288 e. The van der Waals surface area contributed by atoms with Crippen LogP contribution in [0.2, 0.25) is 0 Å². The number of anilines is 1. The summed E-state index contributed by atoms with van der Waals surface area (Å²) in [6, 6.07) is 11.8. The molecule has 1 N–H and O–H groups in total. The van der Waals surface area contributed by atoms with E-state index >= 15 is 0 Å². The molecule has 0 radical (unpaired) electrons. The summed E-state index contributed by atoms with van der Waals surface area (Å²) in [7, 11) is 0. The van der Waals surface area contributed by atoms with Crippen LogP contribution in [0.5, 0.6) is 0 Å². The molecule has 27 heavy (non-hydrogen) atoms. The number of hydrogen-bond donors (Lipinski definition) is 1. The first-order chi connectivity index (χ1) is 12.9. The molecule has 3 rings (SSSR count). The summed E-state index contributed by atoms with van der Waals surface area (Å²) in [6.45, 7) is 0.647. The van der Waals surface area contributed by atoms with Gasteiger partial charge in [0.05, 0.1) is 5.56 Å². The molecule has 1 aliphatic rings. The normalized spacial score (nSPS) is 16.8. The van der Waals surface area contributed by atoms with Gasteiger partial charge in [-0.1, -0.05) is 23.9 Å². The van der Waals surface area contributed by atoms with Gasteiger partial charge in [-0.25, -0.2) is 4.39 Å². The molecule has 142 valence electrons. The number of benzene rings is 2. The van der Waals surface area contributed by atoms with E-state index in [1.54, 1.807) is 17.0 Å². The average molecular weight is 394 g/mol. The van der Waals surface area contributed by atoms with E-state index in [-0.39, 0.29) is 41.1 Å². The van der Waals surface area contributed by atoms with Crippen molar-refractivity contribution < 1.29 is 22.8 Å². The van der Waals surface area contributed by atoms with E-state index in [9.17, 15) is 22.8 Å². The summed E-state index contributed by atoms with van der Waals surface area (Å²) in [6.07, 6.45) is 0.255. The van der Waals surface area contributed by atoms with Crippen molar-refractivity contribution in [1.82, 2.24) is 5.32 Å². The topological polar surface area (TPSA) is 49.4 Å². The minimum absolute atomic E-state index is 0.102. The number of carbonyl (C=O) groups is 2. The van der Waals surface area contributed by atoms with E-state index < -0.39 is 11.7 Å². The van der Waals surface area contributed by atoms with Crippen LogP contribution in [-0.2, 0) is 4.79 Å². The minimum Gasteiger partial charge on any atom is -0.352 e. The highest BCUT2D eigenvalue weighted by atomic mass is 32.2. The number of alkyl halides is 2. The third-order valence-electron chi connectivity index (χ3n) is 4.24. The van der Waals surface area contributed by atoms with E-state index in [0.717, 1.165) is 0 Å². The molecule has 8 heteroatoms. The van der Waals surface area contributed by atoms with E-state index in [4.69, 9.17) is 0 Å². The fraction of sp³-hybridized carbons (Fsp3) is 0.263. The van der Waals surface area contributed by atoms with Crippen molar-refractivity contribution in [3.63, 3.8) is 0 Å². The van der Waals surface area contributed by atoms with E-state index in [2.05, 4.69) is 5.32 Å². The molecule has 1 unspecified atom stereocenters. The Hall–Kier alpha value is -2.48. The van der Waals surface area contributed by atoms with Crippen LogP contribution in [0.4, 0.5) is 18.9 Å². The van der Waals surface area contributed by atoms with Gasteiger partial charge >= 0.3 is 0 Å². The Bertz CT molecular complexity index is 830. The van der Waals surface area contributed by atoms with Crippen molar-refractivity contribution >= 4 is 29.3 Å². The maximum atomic E-state index is 13.0. The Morgan fingerprint density at radius 3 is 2.59 bits per heavy atom. The van der Waals surface area contributed by atoms with Gasteiger partial charge in [-0.3, -0.25) is 9.59 Å². The molecule has 1 atom stereocenters. The van der Waals surface area contributed by atoms with Crippen molar-refractivity contribution in [2.24, 2.45) is 5.92 Å². The molecule has 0 spiro atoms. The molecule has 2 amide bonds. The van der Waals surface area contributed by atoms with Gasteiger partial charge in [-0.05, 0) is 36.4 Å². The Kier molecular flexibility index (Phi) is 6.05. The maximum absolute atomic E-state index is 13.0. The predicted octanol–water partition coefficient (Wildman–Crippen LogP) is 3.92. The number of rotatable bonds is 6. The average Bonchev–Trinajstić information content (AvgIpc) is 3.01. The summed E-state index contributed by atoms with van der Waals surface area (Å²) in [5.74, 6) is -3.66. The first kappa shape index (κ1) is 19.3. The third kappa shape index (κ3) is 4.82. The minimum atomic E-state index is -2.62. The number of thioether (sulfide) groups is 1. The molecular weight excluding hydrogens is 377 g/mol. The second kappa shape index (κ2) is 8.47. The SMILES string of the molecule is O=C(NCC1CC(=O)N(c2ccc(F)cc2)C1)c1ccccc1SC(F)F. The first-order valence-corrected chi connectivity index (χ1v) is 9.20. The van der Waals surface area contributed by atoms with Crippen LogP contribution in [0.25, 0.3) is 0 Å². The number of amides is 2. The molecule has 4 nitrogen and oxygen atoms in total. The highest BCUT2D eigenvalue weighted by Gasteiger charge is 2.31. The van der Waals surface area contributed by atoms with Gasteiger partial charge in [-0.15, -0.1) is 0 Å². The smallest absolute Gasteiger partial charge is 0.288 e. The van der Waals surface area contributed by atoms with Crippen molar-refractivity contribution in [3.8, 4) is 0 Å². The Balaban J connectivity index is 1.60. The number of carbonyl (C=O) groups excluding carboxylic acids is 2. The third-order valence-corrected chi connectivity index (χ3v) is 5.03. The lowest BCUT2D eigenvalue weighted by molar-refractivity contribution is -0.117. The molecule has 1 aliphatic heterocycles. The number of hydrogen-bond acceptors (Lipinski definition) is 3. The van der Waals surface area contributed by atoms with Gasteiger partial charge in [0.25, 0.3) is 11.7 Å². The lowest BCUT2D eigenvalue weighted by atomic mass is 10.1. The molecule has 1 fully saturated rings. The van der Waals surface area contributed by atoms with Gasteiger partial charge < -0.3 is 10.2 Å². The van der Waals surface area contributed by atoms with Crippen molar-refractivity contribution in [1.29, 1.82) is 0 Å². The van der Waals surface area contributed by atoms with Gasteiger partial charge in [0, 0.05) is 36.0 Å². The molecule has 2 aromatic carbocycles. The zero-order chi connectivity index (χ0) is 19.4. The van der Waals surface area contributed by atoms with Gasteiger partial charge in [0.1, 0.15) is 5.82 Å². The lowest BCUT2D eigenvalue weighted by Gasteiger charge is -2.17. The van der Waals surface area contributed by atoms with Crippen LogP contribution in [-0.4, -0.2) is 30.7 Å². The first-order valence-electron chi connectivity index (χ1n) is 8.32. The predicted molar refractivity (Wildman–Crippen MR) is 97.5 cm³/mol. The van der Waals surface area contributed by atoms with Gasteiger partial charge in [0.2, 0.25) is 5.91 Å². The monoisotopic (exact) mass is 394 g/mol. The van der Waals surface area contributed by atoms with E-state index in [1.807, 2.05) is 0 Å². The molecule has 0 aromatic heterocycles. The Morgan fingerprint density at radius 2 is 1.89 bits per heavy atom. The van der Waals surface area contributed by atoms with Gasteiger partial charge in [-0.2, -0.15) is 8.78 Å². The van der Waals surface area contributed by atoms with Crippen molar-refractivity contribution in [3.05, 3.63) is 59.9 Å². The molecule has 2 aromatic rings. The van der Waals surface area contributed by atoms with Gasteiger partial charge in [0.15, 0.2) is 0 Å². The standard InChI is InChI=1S/C19H17F3N2O2S/c20-13-5-7-14(8-6-13)24-11-12(9-17(24)25)10-23-18(26)15-3-1-2-4-16(15)27-19(21)22/h1-8,12,19H,9-11H2,(H,23,26). The molecule has 0 saturated carbocycles. The summed E-state index contributed by atoms with van der Waals surface area (Å²) < 4.78 is 38.3. The Morgan fingerprint density at radius 1 is 1.19 bits per heavy atom. The van der Waals surface area contributed by atoms with E-state index in [0.29, 0.717) is 24.0 Å². The van der Waals surface area contributed by atoms with Crippen LogP contribution in [0.1, 0.15) is 16.8 Å². The molecule has 0 bridgehead atoms. The van der Waals surface area contributed by atoms with Crippen molar-refractivity contribution in [2.75, 3.05) is 18.0 Å². The highest BCUT2D eigenvalue weighted by molar-refractivity contribution is 7.99. The fourth-order valence-electron chi connectivity index (χ4n) is 2.97. The van der Waals surface area contributed by atoms with E-state index in [1.165, 1.54) is 36.4 Å². The van der Waals surface area contributed by atoms with Crippen LogP contribution in [0.15, 0.2) is 53.4 Å². The number of nitrogens with zero attached hydrogens (tertiary/aromatic N) is 1. The lowest BCUT2D eigenvalue weighted by Crippen LogP contribution is -2.31. The quantitative estimate of drug-likeness (QED) is 0.756. The van der Waals surface area contributed by atoms with Crippen LogP contribution in [0, 0.1) is 11.7 Å². The van der Waals surface area contributed by atoms with Crippen LogP contribution >= 0.6 is 11.8 Å². The molecular formula is C19H17F3N2O2S. The number of nitrogens with one attached hydrogen (secondary N) is 1. The number of halogens is 3. The second-order valence-electron chi connectivity index (χ2n) is 6.14. The molecule has 1 heterocycles. The van der Waals surface area contributed by atoms with Crippen LogP contribution < -0.4 is 10.2 Å².